The topological polar surface area (TPSA) is 74.6 Å². The molecule has 0 aliphatic carbocycles. The number of carbonyl (C=O) groups is 1. The summed E-state index contributed by atoms with van der Waals surface area (Å²) in [5, 5.41) is 2.84. The molecule has 0 saturated carbocycles. The largest absolute Gasteiger partial charge is 0.454 e. The third-order valence-corrected chi connectivity index (χ3v) is 3.42. The summed E-state index contributed by atoms with van der Waals surface area (Å²) in [5.41, 5.74) is 0.896. The molecule has 0 atom stereocenters. The van der Waals surface area contributed by atoms with Crippen LogP contribution in [0.5, 0.6) is 11.5 Å². The molecule has 23 heavy (non-hydrogen) atoms. The third kappa shape index (κ3) is 4.46. The number of carbonyl (C=O) groups excluding carboxylic acids is 1. The SMILES string of the molecule is O=C(Cc1ccc2c(c1)OCO2)NCCOCCn1ccnc1. The first-order chi connectivity index (χ1) is 11.3. The first-order valence-electron chi connectivity index (χ1n) is 7.50. The average molecular weight is 317 g/mol. The van der Waals surface area contributed by atoms with Crippen LogP contribution in [-0.2, 0) is 22.5 Å². The number of aromatic nitrogens is 2. The molecule has 1 aliphatic heterocycles. The molecule has 7 nitrogen and oxygen atoms in total. The fraction of sp³-hybridized carbons (Fsp3) is 0.375. The minimum absolute atomic E-state index is 0.0397. The maximum atomic E-state index is 11.9. The summed E-state index contributed by atoms with van der Waals surface area (Å²) in [6.45, 7) is 2.57. The zero-order valence-electron chi connectivity index (χ0n) is 12.7. The molecular weight excluding hydrogens is 298 g/mol. The van der Waals surface area contributed by atoms with E-state index >= 15 is 0 Å². The molecule has 0 spiro atoms. The van der Waals surface area contributed by atoms with Crippen LogP contribution in [0.3, 0.4) is 0 Å². The third-order valence-electron chi connectivity index (χ3n) is 3.42. The van der Waals surface area contributed by atoms with E-state index in [0.29, 0.717) is 31.9 Å². The Morgan fingerprint density at radius 1 is 1.30 bits per heavy atom. The van der Waals surface area contributed by atoms with Gasteiger partial charge in [0, 0.05) is 25.5 Å². The van der Waals surface area contributed by atoms with Crippen LogP contribution in [0, 0.1) is 0 Å². The Hall–Kier alpha value is -2.54. The summed E-state index contributed by atoms with van der Waals surface area (Å²) < 4.78 is 17.9. The summed E-state index contributed by atoms with van der Waals surface area (Å²) in [6, 6.07) is 5.53. The monoisotopic (exact) mass is 317 g/mol. The van der Waals surface area contributed by atoms with Crippen LogP contribution in [0.1, 0.15) is 5.56 Å². The molecule has 3 rings (SSSR count). The molecule has 122 valence electrons. The maximum Gasteiger partial charge on any atom is 0.231 e. The van der Waals surface area contributed by atoms with Crippen LogP contribution in [0.15, 0.2) is 36.9 Å². The highest BCUT2D eigenvalue weighted by Gasteiger charge is 2.14. The summed E-state index contributed by atoms with van der Waals surface area (Å²) in [4.78, 5) is 15.8. The van der Waals surface area contributed by atoms with Gasteiger partial charge < -0.3 is 24.1 Å². The molecular formula is C16H19N3O4. The van der Waals surface area contributed by atoms with E-state index in [1.165, 1.54) is 0 Å². The number of hydrogen-bond donors (Lipinski definition) is 1. The molecule has 1 amide bonds. The Labute approximate surface area is 134 Å². The highest BCUT2D eigenvalue weighted by atomic mass is 16.7. The molecule has 1 aromatic heterocycles. The number of benzene rings is 1. The Bertz CT molecular complexity index is 643. The highest BCUT2D eigenvalue weighted by molar-refractivity contribution is 5.78. The number of fused-ring (bicyclic) bond motifs is 1. The normalized spacial score (nSPS) is 12.3. The molecule has 0 bridgehead atoms. The van der Waals surface area contributed by atoms with E-state index in [4.69, 9.17) is 14.2 Å². The molecule has 1 aliphatic rings. The van der Waals surface area contributed by atoms with Crippen molar-refractivity contribution in [2.75, 3.05) is 26.6 Å². The standard InChI is InChI=1S/C16H19N3O4/c20-16(10-13-1-2-14-15(9-13)23-12-22-14)18-4-7-21-8-6-19-5-3-17-11-19/h1-3,5,9,11H,4,6-8,10,12H2,(H,18,20). The smallest absolute Gasteiger partial charge is 0.231 e. The van der Waals surface area contributed by atoms with Crippen LogP contribution in [0.2, 0.25) is 0 Å². The molecule has 0 fully saturated rings. The van der Waals surface area contributed by atoms with Crippen molar-refractivity contribution >= 4 is 5.91 Å². The molecule has 2 aromatic rings. The second-order valence-electron chi connectivity index (χ2n) is 5.13. The van der Waals surface area contributed by atoms with Gasteiger partial charge in [0.25, 0.3) is 0 Å². The van der Waals surface area contributed by atoms with Crippen molar-refractivity contribution in [1.82, 2.24) is 14.9 Å². The lowest BCUT2D eigenvalue weighted by Crippen LogP contribution is -2.28. The molecule has 7 heteroatoms. The van der Waals surface area contributed by atoms with Crippen molar-refractivity contribution in [3.63, 3.8) is 0 Å². The van der Waals surface area contributed by atoms with E-state index in [2.05, 4.69) is 10.3 Å². The molecule has 2 heterocycles. The van der Waals surface area contributed by atoms with Crippen LogP contribution < -0.4 is 14.8 Å². The van der Waals surface area contributed by atoms with Crippen LogP contribution in [0.4, 0.5) is 0 Å². The van der Waals surface area contributed by atoms with Crippen LogP contribution >= 0.6 is 0 Å². The number of nitrogens with one attached hydrogen (secondary N) is 1. The van der Waals surface area contributed by atoms with Gasteiger partial charge in [-0.1, -0.05) is 6.07 Å². The van der Waals surface area contributed by atoms with E-state index in [9.17, 15) is 4.79 Å². The van der Waals surface area contributed by atoms with Gasteiger partial charge in [0.1, 0.15) is 0 Å². The van der Waals surface area contributed by atoms with Crippen molar-refractivity contribution < 1.29 is 19.0 Å². The second kappa shape index (κ2) is 7.64. The van der Waals surface area contributed by atoms with E-state index in [-0.39, 0.29) is 12.7 Å². The van der Waals surface area contributed by atoms with Crippen molar-refractivity contribution in [2.24, 2.45) is 0 Å². The lowest BCUT2D eigenvalue weighted by atomic mass is 10.1. The van der Waals surface area contributed by atoms with E-state index < -0.39 is 0 Å². The number of imidazole rings is 1. The summed E-state index contributed by atoms with van der Waals surface area (Å²) >= 11 is 0. The second-order valence-corrected chi connectivity index (χ2v) is 5.13. The zero-order valence-corrected chi connectivity index (χ0v) is 12.7. The molecule has 0 saturated heterocycles. The minimum Gasteiger partial charge on any atom is -0.454 e. The Kier molecular flexibility index (Phi) is 5.10. The Balaban J connectivity index is 1.30. The van der Waals surface area contributed by atoms with Crippen molar-refractivity contribution in [3.05, 3.63) is 42.5 Å². The van der Waals surface area contributed by atoms with Crippen molar-refractivity contribution in [2.45, 2.75) is 13.0 Å². The molecule has 0 radical (unpaired) electrons. The highest BCUT2D eigenvalue weighted by Crippen LogP contribution is 2.32. The number of hydrogen-bond acceptors (Lipinski definition) is 5. The van der Waals surface area contributed by atoms with Crippen molar-refractivity contribution in [3.8, 4) is 11.5 Å². The van der Waals surface area contributed by atoms with Gasteiger partial charge in [0.2, 0.25) is 12.7 Å². The number of amides is 1. The fourth-order valence-electron chi connectivity index (χ4n) is 2.25. The van der Waals surface area contributed by atoms with Gasteiger partial charge in [-0.05, 0) is 17.7 Å². The predicted molar refractivity (Wildman–Crippen MR) is 82.3 cm³/mol. The minimum atomic E-state index is -0.0397. The van der Waals surface area contributed by atoms with E-state index in [1.54, 1.807) is 12.5 Å². The number of rotatable bonds is 8. The lowest BCUT2D eigenvalue weighted by Gasteiger charge is -2.07. The molecule has 1 N–H and O–H groups in total. The van der Waals surface area contributed by atoms with Gasteiger partial charge in [0.15, 0.2) is 11.5 Å². The first-order valence-corrected chi connectivity index (χ1v) is 7.50. The van der Waals surface area contributed by atoms with Crippen LogP contribution in [-0.4, -0.2) is 42.0 Å². The number of ether oxygens (including phenoxy) is 3. The summed E-state index contributed by atoms with van der Waals surface area (Å²) in [7, 11) is 0. The quantitative estimate of drug-likeness (QED) is 0.735. The predicted octanol–water partition coefficient (Wildman–Crippen LogP) is 0.987. The van der Waals surface area contributed by atoms with Gasteiger partial charge in [-0.3, -0.25) is 4.79 Å². The van der Waals surface area contributed by atoms with E-state index in [0.717, 1.165) is 17.9 Å². The zero-order chi connectivity index (χ0) is 15.9. The average Bonchev–Trinajstić information content (AvgIpc) is 3.21. The van der Waals surface area contributed by atoms with Crippen LogP contribution in [0.25, 0.3) is 0 Å². The van der Waals surface area contributed by atoms with E-state index in [1.807, 2.05) is 29.0 Å². The number of nitrogens with zero attached hydrogens (tertiary/aromatic N) is 2. The summed E-state index contributed by atoms with van der Waals surface area (Å²) in [6.07, 6.45) is 5.68. The molecule has 1 aromatic carbocycles. The van der Waals surface area contributed by atoms with Gasteiger partial charge in [-0.15, -0.1) is 0 Å². The van der Waals surface area contributed by atoms with Gasteiger partial charge in [-0.2, -0.15) is 0 Å². The lowest BCUT2D eigenvalue weighted by molar-refractivity contribution is -0.120. The fourth-order valence-corrected chi connectivity index (χ4v) is 2.25. The Morgan fingerprint density at radius 3 is 3.09 bits per heavy atom. The van der Waals surface area contributed by atoms with Gasteiger partial charge >= 0.3 is 0 Å². The van der Waals surface area contributed by atoms with Crippen molar-refractivity contribution in [1.29, 1.82) is 0 Å². The summed E-state index contributed by atoms with van der Waals surface area (Å²) in [5.74, 6) is 1.38. The Morgan fingerprint density at radius 2 is 2.22 bits per heavy atom. The maximum absolute atomic E-state index is 11.9. The van der Waals surface area contributed by atoms with Gasteiger partial charge in [0.05, 0.1) is 26.0 Å². The van der Waals surface area contributed by atoms with Gasteiger partial charge in [-0.25, -0.2) is 4.98 Å². The first kappa shape index (κ1) is 15.4. The molecule has 0 unspecified atom stereocenters.